The topological polar surface area (TPSA) is 60.8 Å². The Hall–Kier alpha value is -3.93. The van der Waals surface area contributed by atoms with Gasteiger partial charge in [0.05, 0.1) is 48.8 Å². The first kappa shape index (κ1) is 17.0. The monoisotopic (exact) mass is 397 g/mol. The van der Waals surface area contributed by atoms with E-state index in [9.17, 15) is 0 Å². The number of fused-ring (bicyclic) bond motifs is 10. The van der Waals surface area contributed by atoms with Crippen LogP contribution in [0.2, 0.25) is 0 Å². The average molecular weight is 397 g/mol. The Labute approximate surface area is 171 Å². The van der Waals surface area contributed by atoms with E-state index in [0.29, 0.717) is 11.5 Å². The summed E-state index contributed by atoms with van der Waals surface area (Å²) >= 11 is 0. The van der Waals surface area contributed by atoms with E-state index >= 15 is 0 Å². The highest BCUT2D eigenvalue weighted by molar-refractivity contribution is 6.23. The lowest BCUT2D eigenvalue weighted by molar-refractivity contribution is 0.355. The first-order chi connectivity index (χ1) is 14.7. The van der Waals surface area contributed by atoms with Crippen LogP contribution >= 0.6 is 0 Å². The molecule has 6 rings (SSSR count). The SMILES string of the molecule is COc1ccc2c3[nH]c4ccccc4c3c3nc4cc(OC)c(OC)cc4n3c2c1. The smallest absolute Gasteiger partial charge is 0.163 e. The number of methoxy groups -OCH3 is 3. The molecule has 0 aliphatic carbocycles. The lowest BCUT2D eigenvalue weighted by atomic mass is 10.1. The number of benzene rings is 3. The normalized spacial score (nSPS) is 11.8. The van der Waals surface area contributed by atoms with Crippen LogP contribution in [-0.2, 0) is 0 Å². The maximum atomic E-state index is 5.57. The summed E-state index contributed by atoms with van der Waals surface area (Å²) in [6.45, 7) is 0. The van der Waals surface area contributed by atoms with Crippen LogP contribution in [-0.4, -0.2) is 35.7 Å². The van der Waals surface area contributed by atoms with Crippen molar-refractivity contribution in [2.75, 3.05) is 21.3 Å². The molecule has 0 fully saturated rings. The number of hydrogen-bond donors (Lipinski definition) is 1. The average Bonchev–Trinajstić information content (AvgIpc) is 3.36. The highest BCUT2D eigenvalue weighted by Crippen LogP contribution is 2.39. The van der Waals surface area contributed by atoms with E-state index in [4.69, 9.17) is 19.2 Å². The van der Waals surface area contributed by atoms with Gasteiger partial charge in [-0.05, 0) is 18.2 Å². The van der Waals surface area contributed by atoms with E-state index in [0.717, 1.165) is 55.1 Å². The van der Waals surface area contributed by atoms with Crippen molar-refractivity contribution in [2.24, 2.45) is 0 Å². The summed E-state index contributed by atoms with van der Waals surface area (Å²) in [5.41, 5.74) is 5.84. The van der Waals surface area contributed by atoms with E-state index in [1.165, 1.54) is 0 Å². The predicted molar refractivity (Wildman–Crippen MR) is 119 cm³/mol. The largest absolute Gasteiger partial charge is 0.497 e. The van der Waals surface area contributed by atoms with Gasteiger partial charge in [-0.15, -0.1) is 0 Å². The number of rotatable bonds is 3. The fraction of sp³-hybridized carbons (Fsp3) is 0.125. The first-order valence-electron chi connectivity index (χ1n) is 9.68. The van der Waals surface area contributed by atoms with Gasteiger partial charge in [0, 0.05) is 34.5 Å². The Bertz CT molecular complexity index is 1610. The fourth-order valence-corrected chi connectivity index (χ4v) is 4.43. The number of ether oxygens (including phenoxy) is 3. The predicted octanol–water partition coefficient (Wildman–Crippen LogP) is 5.30. The number of H-pyrrole nitrogens is 1. The van der Waals surface area contributed by atoms with Gasteiger partial charge in [-0.3, -0.25) is 4.40 Å². The van der Waals surface area contributed by atoms with Crippen molar-refractivity contribution < 1.29 is 14.2 Å². The van der Waals surface area contributed by atoms with Crippen LogP contribution in [0.5, 0.6) is 17.2 Å². The third-order valence-electron chi connectivity index (χ3n) is 5.80. The van der Waals surface area contributed by atoms with E-state index in [-0.39, 0.29) is 0 Å². The molecule has 0 saturated carbocycles. The van der Waals surface area contributed by atoms with Crippen molar-refractivity contribution in [1.82, 2.24) is 14.4 Å². The molecule has 0 amide bonds. The van der Waals surface area contributed by atoms with Crippen LogP contribution in [0.25, 0.3) is 49.4 Å². The molecule has 0 spiro atoms. The van der Waals surface area contributed by atoms with Gasteiger partial charge in [0.1, 0.15) is 11.4 Å². The van der Waals surface area contributed by atoms with E-state index < -0.39 is 0 Å². The van der Waals surface area contributed by atoms with E-state index in [1.807, 2.05) is 30.3 Å². The number of aromatic nitrogens is 3. The second-order valence-corrected chi connectivity index (χ2v) is 7.27. The molecule has 0 saturated heterocycles. The molecule has 6 nitrogen and oxygen atoms in total. The Kier molecular flexibility index (Phi) is 3.41. The molecule has 0 aliphatic heterocycles. The minimum absolute atomic E-state index is 0.658. The number of para-hydroxylation sites is 1. The molecule has 1 N–H and O–H groups in total. The number of imidazole rings is 1. The summed E-state index contributed by atoms with van der Waals surface area (Å²) in [6.07, 6.45) is 0. The lowest BCUT2D eigenvalue weighted by Crippen LogP contribution is -1.93. The van der Waals surface area contributed by atoms with Crippen molar-refractivity contribution in [2.45, 2.75) is 0 Å². The summed E-state index contributed by atoms with van der Waals surface area (Å²) in [7, 11) is 4.96. The summed E-state index contributed by atoms with van der Waals surface area (Å²) in [5.74, 6) is 2.12. The highest BCUT2D eigenvalue weighted by Gasteiger charge is 2.19. The van der Waals surface area contributed by atoms with Crippen LogP contribution in [0.3, 0.4) is 0 Å². The Morgan fingerprint density at radius 1 is 0.800 bits per heavy atom. The lowest BCUT2D eigenvalue weighted by Gasteiger charge is -2.10. The van der Waals surface area contributed by atoms with Crippen molar-refractivity contribution >= 4 is 49.4 Å². The molecule has 0 bridgehead atoms. The Morgan fingerprint density at radius 2 is 1.60 bits per heavy atom. The maximum Gasteiger partial charge on any atom is 0.163 e. The van der Waals surface area contributed by atoms with Crippen molar-refractivity contribution in [3.8, 4) is 17.2 Å². The van der Waals surface area contributed by atoms with Gasteiger partial charge >= 0.3 is 0 Å². The number of pyridine rings is 1. The molecule has 30 heavy (non-hydrogen) atoms. The maximum absolute atomic E-state index is 5.57. The van der Waals surface area contributed by atoms with Gasteiger partial charge < -0.3 is 19.2 Å². The minimum Gasteiger partial charge on any atom is -0.497 e. The molecule has 6 aromatic rings. The Balaban J connectivity index is 1.94. The molecule has 0 unspecified atom stereocenters. The molecular formula is C24H19N3O3. The number of hydrogen-bond acceptors (Lipinski definition) is 4. The third kappa shape index (κ3) is 2.10. The van der Waals surface area contributed by atoms with Crippen LogP contribution in [0.4, 0.5) is 0 Å². The summed E-state index contributed by atoms with van der Waals surface area (Å²) in [4.78, 5) is 8.62. The second kappa shape index (κ2) is 6.03. The standard InChI is InChI=1S/C24H19N3O3/c1-28-13-8-9-15-18(10-13)27-19-12-21(30-3)20(29-2)11-17(19)26-24(27)22-14-6-4-5-7-16(14)25-23(15)22/h4-12,25H,1-3H3. The van der Waals surface area contributed by atoms with Crippen LogP contribution < -0.4 is 14.2 Å². The summed E-state index contributed by atoms with van der Waals surface area (Å²) < 4.78 is 18.8. The van der Waals surface area contributed by atoms with Crippen LogP contribution in [0.1, 0.15) is 0 Å². The molecule has 3 aromatic carbocycles. The summed E-state index contributed by atoms with van der Waals surface area (Å²) in [6, 6.07) is 18.4. The van der Waals surface area contributed by atoms with Gasteiger partial charge in [-0.2, -0.15) is 0 Å². The molecule has 6 heteroatoms. The highest BCUT2D eigenvalue weighted by atomic mass is 16.5. The van der Waals surface area contributed by atoms with Gasteiger partial charge in [-0.1, -0.05) is 18.2 Å². The number of aromatic amines is 1. The molecule has 3 heterocycles. The zero-order valence-corrected chi connectivity index (χ0v) is 16.8. The van der Waals surface area contributed by atoms with Crippen LogP contribution in [0.15, 0.2) is 54.6 Å². The molecule has 0 aliphatic rings. The zero-order chi connectivity index (χ0) is 20.4. The fourth-order valence-electron chi connectivity index (χ4n) is 4.43. The van der Waals surface area contributed by atoms with Crippen LogP contribution in [0, 0.1) is 0 Å². The molecular weight excluding hydrogens is 378 g/mol. The first-order valence-corrected chi connectivity index (χ1v) is 9.68. The second-order valence-electron chi connectivity index (χ2n) is 7.27. The number of nitrogens with zero attached hydrogens (tertiary/aromatic N) is 2. The third-order valence-corrected chi connectivity index (χ3v) is 5.80. The Morgan fingerprint density at radius 3 is 2.40 bits per heavy atom. The molecule has 148 valence electrons. The molecule has 3 aromatic heterocycles. The van der Waals surface area contributed by atoms with Crippen molar-refractivity contribution in [3.63, 3.8) is 0 Å². The number of nitrogens with one attached hydrogen (secondary N) is 1. The molecule has 0 atom stereocenters. The van der Waals surface area contributed by atoms with E-state index in [2.05, 4.69) is 33.7 Å². The quantitative estimate of drug-likeness (QED) is 0.440. The van der Waals surface area contributed by atoms with Gasteiger partial charge in [0.2, 0.25) is 0 Å². The van der Waals surface area contributed by atoms with Gasteiger partial charge in [0.15, 0.2) is 11.5 Å². The summed E-state index contributed by atoms with van der Waals surface area (Å²) in [5, 5.41) is 3.34. The van der Waals surface area contributed by atoms with Crippen molar-refractivity contribution in [1.29, 1.82) is 0 Å². The zero-order valence-electron chi connectivity index (χ0n) is 16.8. The molecule has 0 radical (unpaired) electrons. The minimum atomic E-state index is 0.658. The van der Waals surface area contributed by atoms with Gasteiger partial charge in [0.25, 0.3) is 0 Å². The van der Waals surface area contributed by atoms with Gasteiger partial charge in [-0.25, -0.2) is 4.98 Å². The van der Waals surface area contributed by atoms with E-state index in [1.54, 1.807) is 21.3 Å². The van der Waals surface area contributed by atoms with Crippen molar-refractivity contribution in [3.05, 3.63) is 54.6 Å².